The van der Waals surface area contributed by atoms with Crippen LogP contribution in [0.2, 0.25) is 0 Å². The molecule has 0 saturated carbocycles. The van der Waals surface area contributed by atoms with Gasteiger partial charge in [-0.05, 0) is 26.2 Å². The van der Waals surface area contributed by atoms with Gasteiger partial charge in [0.15, 0.2) is 5.13 Å². The summed E-state index contributed by atoms with van der Waals surface area (Å²) in [5.74, 6) is -0.0579. The summed E-state index contributed by atoms with van der Waals surface area (Å²) in [5.41, 5.74) is 0.856. The van der Waals surface area contributed by atoms with Gasteiger partial charge in [0.1, 0.15) is 6.10 Å². The topological polar surface area (TPSA) is 97.8 Å². The predicted octanol–water partition coefficient (Wildman–Crippen LogP) is 1.37. The van der Waals surface area contributed by atoms with E-state index in [-0.39, 0.29) is 12.0 Å². The van der Waals surface area contributed by atoms with Crippen LogP contribution in [0.5, 0.6) is 0 Å². The van der Waals surface area contributed by atoms with Gasteiger partial charge >= 0.3 is 0 Å². The van der Waals surface area contributed by atoms with Gasteiger partial charge in [0, 0.05) is 24.4 Å². The minimum atomic E-state index is -3.35. The number of sulfonamides is 1. The number of amides is 1. The monoisotopic (exact) mass is 403 g/mol. The highest BCUT2D eigenvalue weighted by atomic mass is 32.2. The number of nitrogens with one attached hydrogen (secondary N) is 1. The van der Waals surface area contributed by atoms with Gasteiger partial charge in [-0.1, -0.05) is 11.3 Å². The van der Waals surface area contributed by atoms with E-state index >= 15 is 0 Å². The molecule has 0 unspecified atom stereocenters. The molecule has 146 valence electrons. The van der Waals surface area contributed by atoms with E-state index < -0.39 is 16.1 Å². The quantitative estimate of drug-likeness (QED) is 0.770. The number of hydrogen-bond acceptors (Lipinski definition) is 7. The van der Waals surface area contributed by atoms with Gasteiger partial charge in [0.25, 0.3) is 5.91 Å². The first-order valence-electron chi connectivity index (χ1n) is 8.80. The molecule has 1 saturated heterocycles. The second kappa shape index (κ2) is 8.20. The summed E-state index contributed by atoms with van der Waals surface area (Å²) in [5, 5.41) is 0.352. The Labute approximate surface area is 157 Å². The smallest absolute Gasteiger partial charge is 0.251 e. The van der Waals surface area contributed by atoms with Gasteiger partial charge in [0.05, 0.1) is 31.2 Å². The molecule has 26 heavy (non-hydrogen) atoms. The largest absolute Gasteiger partial charge is 0.376 e. The van der Waals surface area contributed by atoms with Crippen molar-refractivity contribution in [3.05, 3.63) is 10.6 Å². The maximum Gasteiger partial charge on any atom is 0.251 e. The van der Waals surface area contributed by atoms with Crippen molar-refractivity contribution >= 4 is 32.4 Å². The van der Waals surface area contributed by atoms with Gasteiger partial charge in [0.2, 0.25) is 10.0 Å². The number of rotatable bonds is 6. The first kappa shape index (κ1) is 19.5. The molecule has 2 aliphatic rings. The number of fused-ring (bicyclic) bond motifs is 1. The fraction of sp³-hybridized carbons (Fsp3) is 0.750. The lowest BCUT2D eigenvalue weighted by Gasteiger charge is -2.29. The highest BCUT2D eigenvalue weighted by Gasteiger charge is 2.28. The molecule has 3 heterocycles. The van der Waals surface area contributed by atoms with Crippen molar-refractivity contribution in [1.29, 1.82) is 0 Å². The fourth-order valence-electron chi connectivity index (χ4n) is 3.10. The second-order valence-electron chi connectivity index (χ2n) is 6.74. The molecule has 1 amide bonds. The average molecular weight is 404 g/mol. The molecule has 1 aromatic rings. The maximum atomic E-state index is 12.6. The van der Waals surface area contributed by atoms with Gasteiger partial charge < -0.3 is 14.4 Å². The molecule has 1 aromatic heterocycles. The van der Waals surface area contributed by atoms with E-state index in [2.05, 4.69) is 9.71 Å². The molecule has 0 spiro atoms. The molecule has 0 radical (unpaired) electrons. The number of carbonyl (C=O) groups is 1. The number of anilines is 1. The van der Waals surface area contributed by atoms with Crippen LogP contribution >= 0.6 is 11.3 Å². The highest BCUT2D eigenvalue weighted by Crippen LogP contribution is 2.29. The average Bonchev–Trinajstić information content (AvgIpc) is 2.99. The second-order valence-corrected chi connectivity index (χ2v) is 9.57. The number of carbonyl (C=O) groups excluding carboxylic acids is 1. The number of nitrogens with zero attached hydrogens (tertiary/aromatic N) is 2. The molecule has 0 aliphatic carbocycles. The molecule has 2 aliphatic heterocycles. The van der Waals surface area contributed by atoms with Gasteiger partial charge in [-0.25, -0.2) is 13.4 Å². The SMILES string of the molecule is C[C@@H](OC[C@@H]1CCCCO1)C(=O)N1CCc2nc(NS(C)(=O)=O)sc2C1. The third-order valence-corrected chi connectivity index (χ3v) is 6.16. The first-order chi connectivity index (χ1) is 12.3. The van der Waals surface area contributed by atoms with E-state index in [0.717, 1.165) is 42.7 Å². The number of hydrogen-bond donors (Lipinski definition) is 1. The first-order valence-corrected chi connectivity index (χ1v) is 11.5. The van der Waals surface area contributed by atoms with Crippen LogP contribution in [0.1, 0.15) is 36.8 Å². The summed E-state index contributed by atoms with van der Waals surface area (Å²) in [7, 11) is -3.35. The van der Waals surface area contributed by atoms with Crippen molar-refractivity contribution in [2.24, 2.45) is 0 Å². The van der Waals surface area contributed by atoms with Crippen LogP contribution in [0.4, 0.5) is 5.13 Å². The Balaban J connectivity index is 1.54. The maximum absolute atomic E-state index is 12.6. The van der Waals surface area contributed by atoms with Gasteiger partial charge in [-0.3, -0.25) is 9.52 Å². The lowest BCUT2D eigenvalue weighted by molar-refractivity contribution is -0.147. The van der Waals surface area contributed by atoms with E-state index in [1.165, 1.54) is 11.3 Å². The normalized spacial score (nSPS) is 21.9. The lowest BCUT2D eigenvalue weighted by Crippen LogP contribution is -2.42. The van der Waals surface area contributed by atoms with Crippen LogP contribution in [0.3, 0.4) is 0 Å². The Morgan fingerprint density at radius 1 is 1.50 bits per heavy atom. The van der Waals surface area contributed by atoms with Crippen LogP contribution in [0.25, 0.3) is 0 Å². The Kier molecular flexibility index (Phi) is 6.16. The van der Waals surface area contributed by atoms with Crippen molar-refractivity contribution < 1.29 is 22.7 Å². The van der Waals surface area contributed by atoms with Crippen LogP contribution in [-0.2, 0) is 37.3 Å². The van der Waals surface area contributed by atoms with E-state index in [0.29, 0.717) is 31.2 Å². The fourth-order valence-corrected chi connectivity index (χ4v) is 4.96. The van der Waals surface area contributed by atoms with Crippen molar-refractivity contribution in [3.8, 4) is 0 Å². The highest BCUT2D eigenvalue weighted by molar-refractivity contribution is 7.92. The summed E-state index contributed by atoms with van der Waals surface area (Å²) in [4.78, 5) is 19.6. The minimum absolute atomic E-state index is 0.0579. The summed E-state index contributed by atoms with van der Waals surface area (Å²) >= 11 is 1.28. The summed E-state index contributed by atoms with van der Waals surface area (Å²) in [6.45, 7) is 3.96. The summed E-state index contributed by atoms with van der Waals surface area (Å²) in [6.07, 6.45) is 4.47. The van der Waals surface area contributed by atoms with Gasteiger partial charge in [-0.15, -0.1) is 0 Å². The molecule has 0 bridgehead atoms. The van der Waals surface area contributed by atoms with E-state index in [1.54, 1.807) is 11.8 Å². The van der Waals surface area contributed by atoms with E-state index in [1.807, 2.05) is 0 Å². The minimum Gasteiger partial charge on any atom is -0.376 e. The summed E-state index contributed by atoms with van der Waals surface area (Å²) < 4.78 is 36.4. The zero-order valence-corrected chi connectivity index (χ0v) is 16.7. The van der Waals surface area contributed by atoms with Crippen molar-refractivity contribution in [2.75, 3.05) is 30.7 Å². The zero-order valence-electron chi connectivity index (χ0n) is 15.1. The van der Waals surface area contributed by atoms with E-state index in [4.69, 9.17) is 9.47 Å². The Hall–Kier alpha value is -1.23. The number of ether oxygens (including phenoxy) is 2. The molecular formula is C16H25N3O5S2. The molecule has 10 heteroatoms. The Bertz CT molecular complexity index is 743. The molecule has 0 aromatic carbocycles. The van der Waals surface area contributed by atoms with E-state index in [9.17, 15) is 13.2 Å². The van der Waals surface area contributed by atoms with Crippen LogP contribution in [-0.4, -0.2) is 62.4 Å². The molecule has 2 atom stereocenters. The lowest BCUT2D eigenvalue weighted by atomic mass is 10.1. The molecule has 1 fully saturated rings. The number of aromatic nitrogens is 1. The Morgan fingerprint density at radius 2 is 2.31 bits per heavy atom. The molecular weight excluding hydrogens is 378 g/mol. The van der Waals surface area contributed by atoms with Crippen molar-refractivity contribution in [1.82, 2.24) is 9.88 Å². The van der Waals surface area contributed by atoms with Crippen molar-refractivity contribution in [2.45, 2.75) is 51.4 Å². The molecule has 8 nitrogen and oxygen atoms in total. The summed E-state index contributed by atoms with van der Waals surface area (Å²) in [6, 6.07) is 0. The molecule has 1 N–H and O–H groups in total. The van der Waals surface area contributed by atoms with Crippen molar-refractivity contribution in [3.63, 3.8) is 0 Å². The van der Waals surface area contributed by atoms with Crippen LogP contribution < -0.4 is 4.72 Å². The third kappa shape index (κ3) is 5.15. The third-order valence-electron chi connectivity index (χ3n) is 4.47. The van der Waals surface area contributed by atoms with Gasteiger partial charge in [-0.2, -0.15) is 0 Å². The standard InChI is InChI=1S/C16H25N3O5S2/c1-11(24-10-12-5-3-4-8-23-12)15(20)19-7-6-13-14(9-19)25-16(17-13)18-26(2,21)22/h11-12H,3-10H2,1-2H3,(H,17,18)/t11-,12+/m1/s1. The Morgan fingerprint density at radius 3 is 3.00 bits per heavy atom. The van der Waals surface area contributed by atoms with Crippen LogP contribution in [0, 0.1) is 0 Å². The predicted molar refractivity (Wildman–Crippen MR) is 98.7 cm³/mol. The van der Waals surface area contributed by atoms with Crippen LogP contribution in [0.15, 0.2) is 0 Å². The zero-order chi connectivity index (χ0) is 18.7. The number of thiazole rings is 1. The molecule has 3 rings (SSSR count).